The summed E-state index contributed by atoms with van der Waals surface area (Å²) in [6.07, 6.45) is 6.79. The average molecular weight is 225 g/mol. The molecule has 0 aromatic rings. The molecular formula is C13H27N3. The Morgan fingerprint density at radius 1 is 1.25 bits per heavy atom. The molecule has 0 radical (unpaired) electrons. The van der Waals surface area contributed by atoms with Crippen LogP contribution in [0.2, 0.25) is 0 Å². The van der Waals surface area contributed by atoms with Gasteiger partial charge in [0.15, 0.2) is 0 Å². The Balaban J connectivity index is 1.71. The van der Waals surface area contributed by atoms with Gasteiger partial charge in [0.1, 0.15) is 0 Å². The fourth-order valence-corrected chi connectivity index (χ4v) is 3.31. The smallest absolute Gasteiger partial charge is 0.0169 e. The second-order valence-electron chi connectivity index (χ2n) is 5.61. The van der Waals surface area contributed by atoms with Crippen LogP contribution >= 0.6 is 0 Å². The highest BCUT2D eigenvalue weighted by atomic mass is 15.2. The minimum atomic E-state index is 0.621. The molecule has 0 bridgehead atoms. The maximum atomic E-state index is 5.81. The molecule has 3 unspecified atom stereocenters. The van der Waals surface area contributed by atoms with Crippen LogP contribution in [0.15, 0.2) is 0 Å². The second kappa shape index (κ2) is 5.99. The van der Waals surface area contributed by atoms with E-state index in [2.05, 4.69) is 17.1 Å². The van der Waals surface area contributed by atoms with Gasteiger partial charge in [-0.3, -0.25) is 0 Å². The Morgan fingerprint density at radius 3 is 2.69 bits per heavy atom. The Kier molecular flexibility index (Phi) is 4.62. The molecule has 3 nitrogen and oxygen atoms in total. The second-order valence-corrected chi connectivity index (χ2v) is 5.61. The summed E-state index contributed by atoms with van der Waals surface area (Å²) in [6, 6.07) is 1.30. The van der Waals surface area contributed by atoms with Crippen LogP contribution in [0.1, 0.15) is 39.0 Å². The van der Waals surface area contributed by atoms with Crippen molar-refractivity contribution in [2.75, 3.05) is 26.2 Å². The molecule has 0 spiro atoms. The number of hydrogen-bond acceptors (Lipinski definition) is 3. The molecule has 0 aromatic heterocycles. The van der Waals surface area contributed by atoms with Gasteiger partial charge < -0.3 is 16.0 Å². The number of nitrogens with zero attached hydrogens (tertiary/aromatic N) is 1. The number of hydrogen-bond donors (Lipinski definition) is 2. The first-order chi connectivity index (χ1) is 7.79. The van der Waals surface area contributed by atoms with Gasteiger partial charge in [-0.05, 0) is 58.2 Å². The third kappa shape index (κ3) is 3.19. The third-order valence-electron chi connectivity index (χ3n) is 4.19. The highest BCUT2D eigenvalue weighted by Gasteiger charge is 2.27. The van der Waals surface area contributed by atoms with Crippen LogP contribution in [-0.4, -0.2) is 43.2 Å². The zero-order valence-corrected chi connectivity index (χ0v) is 10.6. The fourth-order valence-electron chi connectivity index (χ4n) is 3.31. The molecule has 3 N–H and O–H groups in total. The lowest BCUT2D eigenvalue weighted by molar-refractivity contribution is 0.272. The van der Waals surface area contributed by atoms with Crippen molar-refractivity contribution in [1.82, 2.24) is 10.2 Å². The molecule has 2 aliphatic rings. The lowest BCUT2D eigenvalue weighted by Crippen LogP contribution is -2.45. The van der Waals surface area contributed by atoms with Crippen molar-refractivity contribution in [2.45, 2.75) is 51.1 Å². The summed E-state index contributed by atoms with van der Waals surface area (Å²) in [6.45, 7) is 7.00. The van der Waals surface area contributed by atoms with E-state index in [1.54, 1.807) is 0 Å². The molecular weight excluding hydrogens is 198 g/mol. The summed E-state index contributed by atoms with van der Waals surface area (Å²) in [4.78, 5) is 2.59. The van der Waals surface area contributed by atoms with Crippen LogP contribution in [0.3, 0.4) is 0 Å². The predicted molar refractivity (Wildman–Crippen MR) is 68.5 cm³/mol. The molecule has 1 saturated carbocycles. The highest BCUT2D eigenvalue weighted by molar-refractivity contribution is 4.86. The molecule has 16 heavy (non-hydrogen) atoms. The standard InChI is InChI=1S/C13H27N3/c1-11(10-16-7-2-3-8-16)15-13-6-4-5-12(13)9-14/h11-13,15H,2-10,14H2,1H3. The molecule has 3 atom stereocenters. The Bertz CT molecular complexity index is 201. The van der Waals surface area contributed by atoms with Crippen molar-refractivity contribution < 1.29 is 0 Å². The van der Waals surface area contributed by atoms with Crippen LogP contribution < -0.4 is 11.1 Å². The van der Waals surface area contributed by atoms with Gasteiger partial charge in [0.05, 0.1) is 0 Å². The molecule has 2 rings (SSSR count). The minimum absolute atomic E-state index is 0.621. The van der Waals surface area contributed by atoms with Gasteiger partial charge in [-0.1, -0.05) is 6.42 Å². The van der Waals surface area contributed by atoms with Crippen molar-refractivity contribution >= 4 is 0 Å². The average Bonchev–Trinajstić information content (AvgIpc) is 2.88. The topological polar surface area (TPSA) is 41.3 Å². The zero-order chi connectivity index (χ0) is 11.4. The van der Waals surface area contributed by atoms with Gasteiger partial charge in [-0.25, -0.2) is 0 Å². The summed E-state index contributed by atoms with van der Waals surface area (Å²) in [7, 11) is 0. The number of nitrogens with one attached hydrogen (secondary N) is 1. The normalized spacial score (nSPS) is 33.4. The van der Waals surface area contributed by atoms with Gasteiger partial charge in [0.25, 0.3) is 0 Å². The van der Waals surface area contributed by atoms with Crippen molar-refractivity contribution in [1.29, 1.82) is 0 Å². The summed E-state index contributed by atoms with van der Waals surface area (Å²) in [5, 5.41) is 3.79. The predicted octanol–water partition coefficient (Wildman–Crippen LogP) is 1.19. The zero-order valence-electron chi connectivity index (χ0n) is 10.6. The third-order valence-corrected chi connectivity index (χ3v) is 4.19. The van der Waals surface area contributed by atoms with E-state index in [0.717, 1.165) is 12.5 Å². The van der Waals surface area contributed by atoms with Gasteiger partial charge in [-0.2, -0.15) is 0 Å². The lowest BCUT2D eigenvalue weighted by atomic mass is 10.0. The Hall–Kier alpha value is -0.120. The van der Waals surface area contributed by atoms with E-state index in [4.69, 9.17) is 5.73 Å². The SMILES string of the molecule is CC(CN1CCCC1)NC1CCCC1CN. The van der Waals surface area contributed by atoms with Crippen molar-refractivity contribution in [3.05, 3.63) is 0 Å². The molecule has 1 aliphatic heterocycles. The molecule has 3 heteroatoms. The molecule has 94 valence electrons. The molecule has 1 saturated heterocycles. The molecule has 0 amide bonds. The fraction of sp³-hybridized carbons (Fsp3) is 1.00. The van der Waals surface area contributed by atoms with Crippen LogP contribution in [0.4, 0.5) is 0 Å². The van der Waals surface area contributed by atoms with Crippen molar-refractivity contribution in [3.8, 4) is 0 Å². The monoisotopic (exact) mass is 225 g/mol. The number of likely N-dealkylation sites (tertiary alicyclic amines) is 1. The molecule has 1 aliphatic carbocycles. The van der Waals surface area contributed by atoms with E-state index < -0.39 is 0 Å². The van der Waals surface area contributed by atoms with E-state index >= 15 is 0 Å². The van der Waals surface area contributed by atoms with Gasteiger partial charge >= 0.3 is 0 Å². The van der Waals surface area contributed by atoms with E-state index in [-0.39, 0.29) is 0 Å². The summed E-state index contributed by atoms with van der Waals surface area (Å²) < 4.78 is 0. The Morgan fingerprint density at radius 2 is 2.00 bits per heavy atom. The van der Waals surface area contributed by atoms with E-state index in [9.17, 15) is 0 Å². The number of rotatable bonds is 5. The number of nitrogens with two attached hydrogens (primary N) is 1. The summed E-state index contributed by atoms with van der Waals surface area (Å²) in [5.41, 5.74) is 5.81. The van der Waals surface area contributed by atoms with Gasteiger partial charge in [0, 0.05) is 18.6 Å². The van der Waals surface area contributed by atoms with Crippen LogP contribution in [0.25, 0.3) is 0 Å². The molecule has 1 heterocycles. The van der Waals surface area contributed by atoms with Crippen LogP contribution in [0.5, 0.6) is 0 Å². The summed E-state index contributed by atoms with van der Waals surface area (Å²) in [5.74, 6) is 0.723. The van der Waals surface area contributed by atoms with E-state index in [0.29, 0.717) is 12.1 Å². The summed E-state index contributed by atoms with van der Waals surface area (Å²) >= 11 is 0. The first kappa shape index (κ1) is 12.3. The van der Waals surface area contributed by atoms with Crippen LogP contribution in [0, 0.1) is 5.92 Å². The van der Waals surface area contributed by atoms with Crippen molar-refractivity contribution in [2.24, 2.45) is 11.7 Å². The first-order valence-electron chi connectivity index (χ1n) is 6.98. The van der Waals surface area contributed by atoms with E-state index in [1.807, 2.05) is 0 Å². The maximum absolute atomic E-state index is 5.81. The first-order valence-corrected chi connectivity index (χ1v) is 6.98. The minimum Gasteiger partial charge on any atom is -0.330 e. The van der Waals surface area contributed by atoms with Crippen molar-refractivity contribution in [3.63, 3.8) is 0 Å². The van der Waals surface area contributed by atoms with Crippen LogP contribution in [-0.2, 0) is 0 Å². The quantitative estimate of drug-likeness (QED) is 0.738. The largest absolute Gasteiger partial charge is 0.330 e. The lowest BCUT2D eigenvalue weighted by Gasteiger charge is -2.27. The highest BCUT2D eigenvalue weighted by Crippen LogP contribution is 2.25. The van der Waals surface area contributed by atoms with E-state index in [1.165, 1.54) is 51.7 Å². The maximum Gasteiger partial charge on any atom is 0.0169 e. The van der Waals surface area contributed by atoms with Gasteiger partial charge in [-0.15, -0.1) is 0 Å². The van der Waals surface area contributed by atoms with Gasteiger partial charge in [0.2, 0.25) is 0 Å². The molecule has 0 aromatic carbocycles. The Labute approximate surface area is 99.8 Å². The molecule has 2 fully saturated rings.